The molecule has 2 aliphatic carbocycles. The van der Waals surface area contributed by atoms with Gasteiger partial charge in [0.15, 0.2) is 0 Å². The van der Waals surface area contributed by atoms with Crippen LogP contribution >= 0.6 is 0 Å². The Morgan fingerprint density at radius 3 is 2.25 bits per heavy atom. The molecule has 0 spiro atoms. The smallest absolute Gasteiger partial charge is 0.407 e. The second kappa shape index (κ2) is 5.92. The van der Waals surface area contributed by atoms with Crippen molar-refractivity contribution >= 4 is 6.09 Å². The zero-order valence-corrected chi connectivity index (χ0v) is 13.5. The molecule has 2 fully saturated rings. The summed E-state index contributed by atoms with van der Waals surface area (Å²) >= 11 is 0. The van der Waals surface area contributed by atoms with Gasteiger partial charge in [-0.1, -0.05) is 20.3 Å². The van der Waals surface area contributed by atoms with Gasteiger partial charge in [0.25, 0.3) is 0 Å². The molecule has 1 amide bonds. The molecule has 2 aliphatic rings. The van der Waals surface area contributed by atoms with Crippen molar-refractivity contribution in [3.8, 4) is 0 Å². The van der Waals surface area contributed by atoms with E-state index in [2.05, 4.69) is 24.5 Å². The quantitative estimate of drug-likeness (QED) is 0.836. The number of carbonyl (C=O) groups is 1. The summed E-state index contributed by atoms with van der Waals surface area (Å²) in [5, 5.41) is 6.70. The Hall–Kier alpha value is -0.770. The predicted molar refractivity (Wildman–Crippen MR) is 80.7 cm³/mol. The Morgan fingerprint density at radius 2 is 1.70 bits per heavy atom. The first-order chi connectivity index (χ1) is 9.26. The van der Waals surface area contributed by atoms with Crippen LogP contribution in [0.3, 0.4) is 0 Å². The van der Waals surface area contributed by atoms with Crippen molar-refractivity contribution in [3.05, 3.63) is 0 Å². The van der Waals surface area contributed by atoms with Crippen LogP contribution in [0.15, 0.2) is 0 Å². The fourth-order valence-corrected chi connectivity index (χ4v) is 3.26. The molecule has 2 rings (SSSR count). The topological polar surface area (TPSA) is 50.4 Å². The minimum Gasteiger partial charge on any atom is -0.444 e. The van der Waals surface area contributed by atoms with Gasteiger partial charge in [-0.15, -0.1) is 0 Å². The van der Waals surface area contributed by atoms with Crippen LogP contribution < -0.4 is 10.6 Å². The standard InChI is InChI=1S/C16H30N2O2/c1-10-7-6-8-11(2)14(10)17-12-9-13(12)18-15(19)20-16(3,4)5/h10-14,17H,6-9H2,1-5H3,(H,18,19). The summed E-state index contributed by atoms with van der Waals surface area (Å²) in [5.74, 6) is 1.48. The number of rotatable bonds is 3. The summed E-state index contributed by atoms with van der Waals surface area (Å²) in [5.41, 5.74) is -0.422. The summed E-state index contributed by atoms with van der Waals surface area (Å²) in [7, 11) is 0. The Kier molecular flexibility index (Phi) is 4.62. The predicted octanol–water partition coefficient (Wildman–Crippen LogP) is 3.07. The zero-order chi connectivity index (χ0) is 14.9. The number of amides is 1. The van der Waals surface area contributed by atoms with Gasteiger partial charge in [0.1, 0.15) is 5.60 Å². The maximum absolute atomic E-state index is 11.7. The van der Waals surface area contributed by atoms with Gasteiger partial charge in [0, 0.05) is 18.1 Å². The van der Waals surface area contributed by atoms with E-state index in [9.17, 15) is 4.79 Å². The van der Waals surface area contributed by atoms with Gasteiger partial charge in [-0.05, 0) is 51.9 Å². The molecular formula is C16H30N2O2. The fourth-order valence-electron chi connectivity index (χ4n) is 3.26. The number of hydrogen-bond acceptors (Lipinski definition) is 3. The summed E-state index contributed by atoms with van der Waals surface area (Å²) in [6, 6.07) is 1.26. The maximum Gasteiger partial charge on any atom is 0.407 e. The van der Waals surface area contributed by atoms with Gasteiger partial charge < -0.3 is 15.4 Å². The highest BCUT2D eigenvalue weighted by Crippen LogP contribution is 2.32. The Bertz CT molecular complexity index is 341. The number of alkyl carbamates (subject to hydrolysis) is 1. The maximum atomic E-state index is 11.7. The van der Waals surface area contributed by atoms with E-state index in [0.29, 0.717) is 12.1 Å². The fraction of sp³-hybridized carbons (Fsp3) is 0.938. The van der Waals surface area contributed by atoms with Crippen molar-refractivity contribution in [2.24, 2.45) is 11.8 Å². The van der Waals surface area contributed by atoms with Crippen molar-refractivity contribution < 1.29 is 9.53 Å². The van der Waals surface area contributed by atoms with Crippen molar-refractivity contribution in [2.75, 3.05) is 0 Å². The van der Waals surface area contributed by atoms with Crippen LogP contribution in [0.4, 0.5) is 4.79 Å². The van der Waals surface area contributed by atoms with Crippen molar-refractivity contribution in [1.82, 2.24) is 10.6 Å². The highest BCUT2D eigenvalue weighted by Gasteiger charge is 2.42. The minimum absolute atomic E-state index is 0.242. The molecule has 0 heterocycles. The first-order valence-electron chi connectivity index (χ1n) is 8.02. The third kappa shape index (κ3) is 4.37. The van der Waals surface area contributed by atoms with Crippen LogP contribution in [0.2, 0.25) is 0 Å². The van der Waals surface area contributed by atoms with E-state index >= 15 is 0 Å². The molecule has 4 heteroatoms. The molecule has 0 saturated heterocycles. The van der Waals surface area contributed by atoms with E-state index < -0.39 is 5.60 Å². The van der Waals surface area contributed by atoms with Gasteiger partial charge in [0.05, 0.1) is 0 Å². The van der Waals surface area contributed by atoms with Crippen molar-refractivity contribution in [3.63, 3.8) is 0 Å². The normalized spacial score (nSPS) is 37.4. The molecule has 4 nitrogen and oxygen atoms in total. The molecule has 0 aromatic heterocycles. The molecule has 0 bridgehead atoms. The molecule has 0 aromatic carbocycles. The first-order valence-corrected chi connectivity index (χ1v) is 8.02. The third-order valence-electron chi connectivity index (χ3n) is 4.44. The Balaban J connectivity index is 1.73. The van der Waals surface area contributed by atoms with Gasteiger partial charge in [-0.3, -0.25) is 0 Å². The Morgan fingerprint density at radius 1 is 1.10 bits per heavy atom. The molecule has 0 radical (unpaired) electrons. The molecule has 0 aromatic rings. The Labute approximate surface area is 123 Å². The van der Waals surface area contributed by atoms with Crippen molar-refractivity contribution in [2.45, 2.75) is 84.0 Å². The van der Waals surface area contributed by atoms with E-state index in [4.69, 9.17) is 4.74 Å². The summed E-state index contributed by atoms with van der Waals surface area (Å²) in [6.07, 6.45) is 4.72. The molecule has 4 atom stereocenters. The lowest BCUT2D eigenvalue weighted by Crippen LogP contribution is -2.46. The molecule has 4 unspecified atom stereocenters. The van der Waals surface area contributed by atoms with E-state index in [1.54, 1.807) is 0 Å². The van der Waals surface area contributed by atoms with Gasteiger partial charge in [-0.25, -0.2) is 4.79 Å². The number of nitrogens with one attached hydrogen (secondary N) is 2. The van der Waals surface area contributed by atoms with E-state index in [0.717, 1.165) is 18.3 Å². The molecule has 116 valence electrons. The molecule has 0 aliphatic heterocycles. The highest BCUT2D eigenvalue weighted by atomic mass is 16.6. The first kappa shape index (κ1) is 15.6. The zero-order valence-electron chi connectivity index (χ0n) is 13.5. The SMILES string of the molecule is CC1CCCC(C)C1NC1CC1NC(=O)OC(C)(C)C. The summed E-state index contributed by atoms with van der Waals surface area (Å²) < 4.78 is 5.29. The van der Waals surface area contributed by atoms with Crippen LogP contribution in [0.5, 0.6) is 0 Å². The average molecular weight is 282 g/mol. The van der Waals surface area contributed by atoms with Crippen molar-refractivity contribution in [1.29, 1.82) is 0 Å². The van der Waals surface area contributed by atoms with E-state index in [1.807, 2.05) is 20.8 Å². The minimum atomic E-state index is -0.422. The second-order valence-corrected chi connectivity index (χ2v) is 7.67. The lowest BCUT2D eigenvalue weighted by Gasteiger charge is -2.35. The number of ether oxygens (including phenoxy) is 1. The lowest BCUT2D eigenvalue weighted by atomic mass is 9.78. The van der Waals surface area contributed by atoms with Crippen LogP contribution in [-0.2, 0) is 4.74 Å². The van der Waals surface area contributed by atoms with Gasteiger partial charge in [0.2, 0.25) is 0 Å². The number of carbonyl (C=O) groups excluding carboxylic acids is 1. The largest absolute Gasteiger partial charge is 0.444 e. The monoisotopic (exact) mass is 282 g/mol. The molecule has 2 N–H and O–H groups in total. The average Bonchev–Trinajstić information content (AvgIpc) is 2.99. The van der Waals surface area contributed by atoms with Crippen LogP contribution in [0, 0.1) is 11.8 Å². The molecule has 20 heavy (non-hydrogen) atoms. The lowest BCUT2D eigenvalue weighted by molar-refractivity contribution is 0.0521. The summed E-state index contributed by atoms with van der Waals surface area (Å²) in [6.45, 7) is 10.3. The van der Waals surface area contributed by atoms with Crippen LogP contribution in [-0.4, -0.2) is 29.8 Å². The van der Waals surface area contributed by atoms with E-state index in [-0.39, 0.29) is 12.1 Å². The summed E-state index contributed by atoms with van der Waals surface area (Å²) in [4.78, 5) is 11.7. The third-order valence-corrected chi connectivity index (χ3v) is 4.44. The highest BCUT2D eigenvalue weighted by molar-refractivity contribution is 5.68. The van der Waals surface area contributed by atoms with Gasteiger partial charge in [-0.2, -0.15) is 0 Å². The van der Waals surface area contributed by atoms with Gasteiger partial charge >= 0.3 is 6.09 Å². The van der Waals surface area contributed by atoms with Crippen LogP contribution in [0.1, 0.15) is 60.3 Å². The second-order valence-electron chi connectivity index (χ2n) is 7.67. The molecular weight excluding hydrogens is 252 g/mol. The molecule has 2 saturated carbocycles. The van der Waals surface area contributed by atoms with E-state index in [1.165, 1.54) is 19.3 Å². The van der Waals surface area contributed by atoms with Crippen LogP contribution in [0.25, 0.3) is 0 Å². The number of hydrogen-bond donors (Lipinski definition) is 2.